The van der Waals surface area contributed by atoms with Crippen molar-refractivity contribution in [2.45, 2.75) is 138 Å². The predicted molar refractivity (Wildman–Crippen MR) is 482 cm³/mol. The van der Waals surface area contributed by atoms with Gasteiger partial charge in [0.15, 0.2) is 16.9 Å². The lowest BCUT2D eigenvalue weighted by Gasteiger charge is -2.22. The number of Topliss-reactive ketones (excluding diaryl/α,β-unsaturated/α-hetero) is 2. The summed E-state index contributed by atoms with van der Waals surface area (Å²) in [6, 6.07) is 3.81. The summed E-state index contributed by atoms with van der Waals surface area (Å²) < 4.78 is 66.2. The van der Waals surface area contributed by atoms with E-state index in [0.717, 1.165) is 40.6 Å². The summed E-state index contributed by atoms with van der Waals surface area (Å²) >= 11 is 0. The molecule has 0 saturated carbocycles. The number of aromatic amines is 2. The van der Waals surface area contributed by atoms with Crippen LogP contribution in [0.5, 0.6) is 0 Å². The average Bonchev–Trinajstić information content (AvgIpc) is 1.59. The number of aliphatic imine (C=N–C) groups is 2. The minimum Gasteiger partial charge on any atom is -0.480 e. The van der Waals surface area contributed by atoms with Gasteiger partial charge in [0.2, 0.25) is 17.8 Å². The van der Waals surface area contributed by atoms with E-state index in [2.05, 4.69) is 70.9 Å². The molecule has 12 N–H and O–H groups in total. The number of nitrogens with two attached hydrogens (primary N) is 1. The zero-order valence-electron chi connectivity index (χ0n) is 74.5. The summed E-state index contributed by atoms with van der Waals surface area (Å²) in [5, 5.41) is 30.7. The molecule has 39 nitrogen and oxygen atoms in total. The number of allylic oxidation sites excluding steroid dienone is 5. The molecule has 0 fully saturated rings. The predicted octanol–water partition coefficient (Wildman–Crippen LogP) is 7.36. The minimum atomic E-state index is -1.27. The molecule has 0 spiro atoms. The molecule has 6 heterocycles. The van der Waals surface area contributed by atoms with Crippen LogP contribution in [-0.2, 0) is 96.9 Å². The number of aliphatic carboxylic acids is 2. The lowest BCUT2D eigenvalue weighted by Crippen LogP contribution is -2.42. The van der Waals surface area contributed by atoms with Gasteiger partial charge in [-0.25, -0.2) is 29.8 Å². The number of carbonyl (C=O) groups is 10. The minimum absolute atomic E-state index is 0.000539. The highest BCUT2D eigenvalue weighted by atomic mass is 33.1. The van der Waals surface area contributed by atoms with E-state index in [1.54, 1.807) is 12.1 Å². The Labute approximate surface area is 756 Å². The van der Waals surface area contributed by atoms with Crippen LogP contribution in [0.1, 0.15) is 156 Å². The van der Waals surface area contributed by atoms with Crippen molar-refractivity contribution in [1.82, 2.24) is 51.7 Å². The number of fused-ring (bicyclic) bond motifs is 7. The van der Waals surface area contributed by atoms with E-state index >= 15 is 0 Å². The third-order valence-electron chi connectivity index (χ3n) is 21.2. The number of hydrazine groups is 1. The number of hydrogen-bond acceptors (Lipinski definition) is 32. The Kier molecular flexibility index (Phi) is 45.3. The molecule has 129 heavy (non-hydrogen) atoms. The molecule has 4 aliphatic rings. The second kappa shape index (κ2) is 56.2. The summed E-state index contributed by atoms with van der Waals surface area (Å²) in [4.78, 5) is 171. The van der Waals surface area contributed by atoms with Gasteiger partial charge in [-0.3, -0.25) is 58.8 Å². The molecule has 3 aromatic heterocycles. The van der Waals surface area contributed by atoms with Gasteiger partial charge in [0.05, 0.1) is 157 Å². The number of carbonyl (C=O) groups excluding carboxylic acids is 8. The summed E-state index contributed by atoms with van der Waals surface area (Å²) in [7, 11) is 3.66. The van der Waals surface area contributed by atoms with E-state index in [4.69, 9.17) is 72.6 Å². The van der Waals surface area contributed by atoms with Crippen LogP contribution >= 0.6 is 21.6 Å². The van der Waals surface area contributed by atoms with Crippen molar-refractivity contribution < 1.29 is 115 Å². The Morgan fingerprint density at radius 1 is 0.628 bits per heavy atom. The molecule has 0 saturated heterocycles. The third-order valence-corrected chi connectivity index (χ3v) is 23.6. The fourth-order valence-electron chi connectivity index (χ4n) is 14.4. The fraction of sp³-hybridized carbons (Fsp3) is 0.568. The first kappa shape index (κ1) is 104. The molecule has 3 aliphatic heterocycles. The summed E-state index contributed by atoms with van der Waals surface area (Å²) in [5.74, 6) is -6.15. The van der Waals surface area contributed by atoms with Gasteiger partial charge in [0.1, 0.15) is 24.5 Å². The number of H-pyrrole nitrogens is 2. The number of methoxy groups -OCH3 is 1. The van der Waals surface area contributed by atoms with Gasteiger partial charge in [-0.05, 0) is 130 Å². The summed E-state index contributed by atoms with van der Waals surface area (Å²) in [6.07, 6.45) is 8.48. The van der Waals surface area contributed by atoms with Crippen LogP contribution in [0.2, 0.25) is 0 Å². The molecule has 6 atom stereocenters. The van der Waals surface area contributed by atoms with E-state index in [9.17, 15) is 63.0 Å². The number of nitrogens with one attached hydrogen (secondary N) is 8. The number of carboxylic acids is 2. The number of nitrogen functional groups attached to an aromatic ring is 1. The summed E-state index contributed by atoms with van der Waals surface area (Å²) in [6.45, 7) is 20.3. The van der Waals surface area contributed by atoms with Crippen molar-refractivity contribution in [3.63, 3.8) is 0 Å². The Balaban J connectivity index is 0.617. The molecule has 8 bridgehead atoms. The van der Waals surface area contributed by atoms with Crippen LogP contribution in [0.25, 0.3) is 23.3 Å². The Morgan fingerprint density at radius 2 is 1.22 bits per heavy atom. The van der Waals surface area contributed by atoms with Crippen molar-refractivity contribution in [2.24, 2.45) is 33.7 Å². The standard InChI is InChI=1S/C88H122N14O25S2/c1-9-23-117-27-30-120-26-22-90-83(109)78-53(3)59-45-65(78)66(47-76(107)116-8)79-64(55(5)69(97-79)48-70-56(6)77(57(7)103)72(95-70)49-68-54(4)63(10-2)71(46-59)94-68)18-20-75(106)101-102-88(115)127-43-44-128-129-52-73(86(113)114)96-74(105)21-25-119-29-32-122-34-36-124-38-40-126-42-41-125-39-37-123-35-33-121-31-28-118-24-11-12-62(104)17-19-67(85(111)112)98-82(108)58-13-15-60(16-14-58)91-50-61-51-92-81-80(93-61)84(110)100-87(89)99-81/h13-16,46,48-49,51,54-55,63-64,67,73,91,95H,9-12,17-45,47,50,52H2,1-8H3,(H,90,109)(H,96,105)(H,98,108)(H,101,106)(H,102,115)(H,111,112)(H,113,114)(H3,89,92,99,100,110)/t54-,55+,63-,64+,67+,73+/m1/s1. The van der Waals surface area contributed by atoms with Crippen LogP contribution in [0.4, 0.5) is 16.4 Å². The first-order valence-corrected chi connectivity index (χ1v) is 45.8. The van der Waals surface area contributed by atoms with Gasteiger partial charge in [0, 0.05) is 132 Å². The second-order valence-corrected chi connectivity index (χ2v) is 33.1. The van der Waals surface area contributed by atoms with Gasteiger partial charge in [0.25, 0.3) is 17.4 Å². The zero-order valence-corrected chi connectivity index (χ0v) is 76.1. The van der Waals surface area contributed by atoms with Crippen LogP contribution < -0.4 is 43.4 Å². The van der Waals surface area contributed by atoms with Gasteiger partial charge in [-0.2, -0.15) is 4.98 Å². The first-order chi connectivity index (χ1) is 62.3. The van der Waals surface area contributed by atoms with Crippen LogP contribution in [0.15, 0.2) is 90.6 Å². The molecular formula is C88H122N14O25S2. The molecular weight excluding hydrogens is 1720 g/mol. The lowest BCUT2D eigenvalue weighted by atomic mass is 9.81. The number of benzene rings is 1. The molecule has 4 aromatic rings. The van der Waals surface area contributed by atoms with Crippen molar-refractivity contribution in [3.05, 3.63) is 120 Å². The smallest absolute Gasteiger partial charge is 0.426 e. The van der Waals surface area contributed by atoms with Gasteiger partial charge < -0.3 is 99.0 Å². The number of ketones is 2. The Hall–Kier alpha value is -10.4. The number of aromatic nitrogens is 5. The van der Waals surface area contributed by atoms with Crippen molar-refractivity contribution >= 4 is 127 Å². The number of carboxylic acid groups (broad SMARTS) is 2. The number of esters is 1. The monoisotopic (exact) mass is 1840 g/mol. The fourth-order valence-corrected chi connectivity index (χ4v) is 16.3. The van der Waals surface area contributed by atoms with E-state index in [-0.39, 0.29) is 167 Å². The maximum Gasteiger partial charge on any atom is 0.426 e. The number of ether oxygens (including phenoxy) is 12. The van der Waals surface area contributed by atoms with E-state index < -0.39 is 65.3 Å². The molecule has 0 radical (unpaired) electrons. The number of rotatable bonds is 61. The molecule has 8 rings (SSSR count). The SMILES string of the molecule is CCCOCCOCCNC(=O)C1=C(C)C2=CC3=NC(=Cc4[nH]c(c(C)c4C(C)=O)C=C4N=C(C(CC(=O)OC)=C1C2)[C@@H](CCC(=O)NNC(=O)OCCSSC[C@H](NC(=O)CCOCCOCCOCCOCCOCCOCCOCCOCCCC(=O)CC[C@H](NC(=O)c1ccc(NCc2cnc5nc(N)[nH]c(=O)c5n2)cc1)C(=O)O)C(=O)O)[C@@H]4C)[C@H](C)[C@H]3CC. The zero-order chi connectivity index (χ0) is 93.0. The van der Waals surface area contributed by atoms with E-state index in [1.807, 2.05) is 45.9 Å². The molecule has 706 valence electrons. The maximum absolute atomic E-state index is 14.7. The van der Waals surface area contributed by atoms with Gasteiger partial charge in [-0.1, -0.05) is 49.3 Å². The lowest BCUT2D eigenvalue weighted by molar-refractivity contribution is -0.141. The van der Waals surface area contributed by atoms with Crippen LogP contribution in [-0.4, -0.2) is 282 Å². The maximum atomic E-state index is 14.7. The van der Waals surface area contributed by atoms with E-state index in [1.165, 1.54) is 43.2 Å². The largest absolute Gasteiger partial charge is 0.480 e. The highest BCUT2D eigenvalue weighted by molar-refractivity contribution is 8.76. The van der Waals surface area contributed by atoms with Crippen molar-refractivity contribution in [1.29, 1.82) is 0 Å². The topological polar surface area (TPSA) is 532 Å². The normalized spacial score (nSPS) is 16.3. The van der Waals surface area contributed by atoms with Crippen LogP contribution in [0.3, 0.4) is 0 Å². The highest BCUT2D eigenvalue weighted by Gasteiger charge is 2.41. The molecule has 5 amide bonds. The molecule has 1 aliphatic carbocycles. The van der Waals surface area contributed by atoms with Crippen LogP contribution in [0, 0.1) is 30.6 Å². The molecule has 1 aromatic carbocycles. The number of hydrogen-bond donors (Lipinski definition) is 11. The Morgan fingerprint density at radius 3 is 1.84 bits per heavy atom. The second-order valence-electron chi connectivity index (χ2n) is 30.4. The number of nitrogens with zero attached hydrogens (tertiary/aromatic N) is 5. The van der Waals surface area contributed by atoms with Gasteiger partial charge >= 0.3 is 24.0 Å². The molecule has 0 unspecified atom stereocenters. The summed E-state index contributed by atoms with van der Waals surface area (Å²) in [5.41, 5.74) is 19.4. The van der Waals surface area contributed by atoms with Gasteiger partial charge in [-0.15, -0.1) is 0 Å². The average molecular weight is 1840 g/mol. The number of amides is 5. The number of anilines is 2. The molecule has 41 heteroatoms. The highest BCUT2D eigenvalue weighted by Crippen LogP contribution is 2.46. The Bertz CT molecular complexity index is 4760. The van der Waals surface area contributed by atoms with Crippen molar-refractivity contribution in [3.8, 4) is 0 Å². The van der Waals surface area contributed by atoms with Crippen molar-refractivity contribution in [2.75, 3.05) is 175 Å². The third kappa shape index (κ3) is 34.4. The van der Waals surface area contributed by atoms with E-state index in [0.29, 0.717) is 180 Å². The first-order valence-electron chi connectivity index (χ1n) is 43.3. The quantitative estimate of drug-likeness (QED) is 0.00676.